The number of aryl methyl sites for hydroxylation is 1. The largest absolute Gasteiger partial charge is 0.308 e. The van der Waals surface area contributed by atoms with Gasteiger partial charge in [-0.1, -0.05) is 53.5 Å². The van der Waals surface area contributed by atoms with Gasteiger partial charge in [0, 0.05) is 15.2 Å². The lowest BCUT2D eigenvalue weighted by Gasteiger charge is -2.12. The molecular formula is C16H16BrN3. The van der Waals surface area contributed by atoms with Gasteiger partial charge in [0.05, 0.1) is 5.52 Å². The fourth-order valence-corrected chi connectivity index (χ4v) is 3.19. The number of halogens is 1. The molecule has 3 aromatic rings. The predicted molar refractivity (Wildman–Crippen MR) is 88.8 cm³/mol. The molecule has 1 heterocycles. The topological polar surface area (TPSA) is 50.9 Å². The third kappa shape index (κ3) is 2.15. The van der Waals surface area contributed by atoms with E-state index in [0.717, 1.165) is 45.0 Å². The van der Waals surface area contributed by atoms with Crippen LogP contribution in [0.25, 0.3) is 21.7 Å². The number of rotatable bonds is 3. The van der Waals surface area contributed by atoms with Crippen molar-refractivity contribution in [1.82, 2.24) is 4.98 Å². The highest BCUT2D eigenvalue weighted by atomic mass is 79.9. The maximum Gasteiger partial charge on any atom is 0.143 e. The third-order valence-electron chi connectivity index (χ3n) is 3.51. The number of benzene rings is 2. The number of nitrogen functional groups attached to an aromatic ring is 1. The highest BCUT2D eigenvalue weighted by Crippen LogP contribution is 2.32. The van der Waals surface area contributed by atoms with Gasteiger partial charge in [-0.15, -0.1) is 0 Å². The van der Waals surface area contributed by atoms with Gasteiger partial charge in [0.2, 0.25) is 0 Å². The van der Waals surface area contributed by atoms with E-state index in [4.69, 9.17) is 10.8 Å². The van der Waals surface area contributed by atoms with Crippen LogP contribution in [0.1, 0.15) is 18.9 Å². The number of hydrazine groups is 1. The fraction of sp³-hybridized carbons (Fsp3) is 0.188. The molecule has 0 spiro atoms. The lowest BCUT2D eigenvalue weighted by Crippen LogP contribution is -2.11. The van der Waals surface area contributed by atoms with Crippen molar-refractivity contribution in [2.75, 3.05) is 5.43 Å². The number of nitrogens with two attached hydrogens (primary N) is 1. The SMILES string of the molecule is CCCc1cc2cc(Br)c3ccccc3c2nc1NN. The van der Waals surface area contributed by atoms with E-state index in [9.17, 15) is 0 Å². The summed E-state index contributed by atoms with van der Waals surface area (Å²) in [6.07, 6.45) is 2.03. The molecule has 0 bridgehead atoms. The lowest BCUT2D eigenvalue weighted by molar-refractivity contribution is 0.917. The highest BCUT2D eigenvalue weighted by molar-refractivity contribution is 9.10. The first kappa shape index (κ1) is 13.3. The minimum Gasteiger partial charge on any atom is -0.308 e. The van der Waals surface area contributed by atoms with Crippen LogP contribution in [0.2, 0.25) is 0 Å². The number of anilines is 1. The molecule has 3 N–H and O–H groups in total. The molecule has 0 radical (unpaired) electrons. The summed E-state index contributed by atoms with van der Waals surface area (Å²) in [6.45, 7) is 2.15. The van der Waals surface area contributed by atoms with Crippen molar-refractivity contribution < 1.29 is 0 Å². The van der Waals surface area contributed by atoms with Crippen molar-refractivity contribution in [1.29, 1.82) is 0 Å². The summed E-state index contributed by atoms with van der Waals surface area (Å²) in [5.41, 5.74) is 4.87. The molecule has 3 nitrogen and oxygen atoms in total. The number of hydrogen-bond donors (Lipinski definition) is 2. The van der Waals surface area contributed by atoms with Crippen molar-refractivity contribution in [3.05, 3.63) is 46.4 Å². The minimum absolute atomic E-state index is 0.770. The van der Waals surface area contributed by atoms with Crippen LogP contribution < -0.4 is 11.3 Å². The average Bonchev–Trinajstić information content (AvgIpc) is 2.47. The molecule has 0 aliphatic carbocycles. The summed E-state index contributed by atoms with van der Waals surface area (Å²) in [5, 5.41) is 3.44. The summed E-state index contributed by atoms with van der Waals surface area (Å²) in [7, 11) is 0. The normalized spacial score (nSPS) is 11.2. The molecule has 3 rings (SSSR count). The maximum atomic E-state index is 5.62. The Morgan fingerprint density at radius 3 is 2.65 bits per heavy atom. The molecule has 2 aromatic carbocycles. The molecule has 0 saturated carbocycles. The molecule has 0 saturated heterocycles. The van der Waals surface area contributed by atoms with Crippen LogP contribution in [0.5, 0.6) is 0 Å². The Labute approximate surface area is 126 Å². The number of nitrogens with one attached hydrogen (secondary N) is 1. The van der Waals surface area contributed by atoms with Gasteiger partial charge in [0.25, 0.3) is 0 Å². The van der Waals surface area contributed by atoms with E-state index in [1.54, 1.807) is 0 Å². The van der Waals surface area contributed by atoms with E-state index in [2.05, 4.69) is 52.5 Å². The Morgan fingerprint density at radius 1 is 1.20 bits per heavy atom. The predicted octanol–water partition coefficient (Wildman–Crippen LogP) is 4.39. The molecule has 4 heteroatoms. The molecule has 1 aromatic heterocycles. The number of pyridine rings is 1. The number of aromatic nitrogens is 1. The first-order chi connectivity index (χ1) is 9.74. The second-order valence-corrected chi connectivity index (χ2v) is 5.72. The number of nitrogens with zero attached hydrogens (tertiary/aromatic N) is 1. The molecule has 102 valence electrons. The van der Waals surface area contributed by atoms with Crippen molar-refractivity contribution >= 4 is 43.4 Å². The van der Waals surface area contributed by atoms with E-state index in [-0.39, 0.29) is 0 Å². The summed E-state index contributed by atoms with van der Waals surface area (Å²) >= 11 is 3.65. The van der Waals surface area contributed by atoms with Gasteiger partial charge in [0.15, 0.2) is 0 Å². The molecule has 0 atom stereocenters. The Hall–Kier alpha value is -1.65. The first-order valence-electron chi connectivity index (χ1n) is 6.72. The van der Waals surface area contributed by atoms with Crippen LogP contribution in [-0.4, -0.2) is 4.98 Å². The molecule has 0 aliphatic heterocycles. The second kappa shape index (κ2) is 5.38. The standard InChI is InChI=1S/C16H16BrN3/c1-2-5-10-8-11-9-14(17)12-6-3-4-7-13(12)15(11)19-16(10)20-18/h3-4,6-9H,2,5,18H2,1H3,(H,19,20). The van der Waals surface area contributed by atoms with E-state index in [0.29, 0.717) is 0 Å². The first-order valence-corrected chi connectivity index (χ1v) is 7.51. The zero-order valence-corrected chi connectivity index (χ0v) is 12.9. The molecule has 0 amide bonds. The summed E-state index contributed by atoms with van der Waals surface area (Å²) in [6, 6.07) is 12.6. The molecule has 0 unspecified atom stereocenters. The highest BCUT2D eigenvalue weighted by Gasteiger charge is 2.10. The smallest absolute Gasteiger partial charge is 0.143 e. The summed E-state index contributed by atoms with van der Waals surface area (Å²) in [5.74, 6) is 6.39. The van der Waals surface area contributed by atoms with Crippen LogP contribution in [0, 0.1) is 0 Å². The van der Waals surface area contributed by atoms with E-state index >= 15 is 0 Å². The van der Waals surface area contributed by atoms with Gasteiger partial charge >= 0.3 is 0 Å². The van der Waals surface area contributed by atoms with Crippen molar-refractivity contribution in [2.45, 2.75) is 19.8 Å². The van der Waals surface area contributed by atoms with E-state index < -0.39 is 0 Å². The summed E-state index contributed by atoms with van der Waals surface area (Å²) < 4.78 is 1.10. The quantitative estimate of drug-likeness (QED) is 0.425. The number of hydrogen-bond acceptors (Lipinski definition) is 3. The molecule has 20 heavy (non-hydrogen) atoms. The van der Waals surface area contributed by atoms with Crippen LogP contribution in [-0.2, 0) is 6.42 Å². The monoisotopic (exact) mass is 329 g/mol. The van der Waals surface area contributed by atoms with Crippen molar-refractivity contribution in [3.63, 3.8) is 0 Å². The Balaban J connectivity index is 2.39. The minimum atomic E-state index is 0.770. The van der Waals surface area contributed by atoms with Gasteiger partial charge in [-0.25, -0.2) is 10.8 Å². The molecular weight excluding hydrogens is 314 g/mol. The maximum absolute atomic E-state index is 5.62. The number of fused-ring (bicyclic) bond motifs is 3. The molecule has 0 fully saturated rings. The van der Waals surface area contributed by atoms with Crippen LogP contribution in [0.3, 0.4) is 0 Å². The fourth-order valence-electron chi connectivity index (χ4n) is 2.60. The zero-order valence-electron chi connectivity index (χ0n) is 11.3. The third-order valence-corrected chi connectivity index (χ3v) is 4.16. The van der Waals surface area contributed by atoms with E-state index in [1.807, 2.05) is 12.1 Å². The lowest BCUT2D eigenvalue weighted by atomic mass is 10.0. The van der Waals surface area contributed by atoms with Gasteiger partial charge in [-0.3, -0.25) is 0 Å². The average molecular weight is 330 g/mol. The molecule has 0 aliphatic rings. The van der Waals surface area contributed by atoms with Gasteiger partial charge < -0.3 is 5.43 Å². The van der Waals surface area contributed by atoms with Crippen molar-refractivity contribution in [2.24, 2.45) is 5.84 Å². The van der Waals surface area contributed by atoms with Crippen LogP contribution >= 0.6 is 15.9 Å². The Bertz CT molecular complexity index is 783. The Morgan fingerprint density at radius 2 is 1.95 bits per heavy atom. The van der Waals surface area contributed by atoms with Gasteiger partial charge in [0.1, 0.15) is 5.82 Å². The second-order valence-electron chi connectivity index (χ2n) is 4.87. The Kier molecular flexibility index (Phi) is 3.59. The van der Waals surface area contributed by atoms with Gasteiger partial charge in [-0.05, 0) is 29.5 Å². The van der Waals surface area contributed by atoms with Crippen molar-refractivity contribution in [3.8, 4) is 0 Å². The summed E-state index contributed by atoms with van der Waals surface area (Å²) in [4.78, 5) is 4.72. The van der Waals surface area contributed by atoms with E-state index in [1.165, 1.54) is 5.39 Å². The van der Waals surface area contributed by atoms with Crippen LogP contribution in [0.4, 0.5) is 5.82 Å². The van der Waals surface area contributed by atoms with Gasteiger partial charge in [-0.2, -0.15) is 0 Å². The van der Waals surface area contributed by atoms with Crippen LogP contribution in [0.15, 0.2) is 40.9 Å². The zero-order chi connectivity index (χ0) is 14.1.